The summed E-state index contributed by atoms with van der Waals surface area (Å²) < 4.78 is 5.25. The van der Waals surface area contributed by atoms with Gasteiger partial charge in [-0.05, 0) is 136 Å². The van der Waals surface area contributed by atoms with Gasteiger partial charge >= 0.3 is 5.97 Å². The minimum Gasteiger partial charge on any atom is -0.466 e. The Morgan fingerprint density at radius 1 is 0.524 bits per heavy atom. The Morgan fingerprint density at radius 2 is 0.929 bits per heavy atom. The Balaban J connectivity index is 0. The first-order valence-corrected chi connectivity index (χ1v) is 17.6. The fraction of sp³-hybridized carbons (Fsp3) is 0.737. The van der Waals surface area contributed by atoms with E-state index in [0.717, 1.165) is 77.0 Å². The van der Waals surface area contributed by atoms with E-state index in [1.807, 2.05) is 7.05 Å². The molecule has 0 saturated heterocycles. The molecule has 0 spiro atoms. The second-order valence-electron chi connectivity index (χ2n) is 11.1. The van der Waals surface area contributed by atoms with Crippen LogP contribution in [-0.4, -0.2) is 32.5 Å². The first-order chi connectivity index (χ1) is 20.7. The Bertz CT molecular complexity index is 651. The molecule has 0 aromatic carbocycles. The Kier molecular flexibility index (Phi) is 41.4. The van der Waals surface area contributed by atoms with Gasteiger partial charge in [-0.3, -0.25) is 4.79 Å². The molecule has 0 radical (unpaired) electrons. The summed E-state index contributed by atoms with van der Waals surface area (Å²) in [5.41, 5.74) is 0. The van der Waals surface area contributed by atoms with Gasteiger partial charge in [0.25, 0.3) is 0 Å². The van der Waals surface area contributed by atoms with Gasteiger partial charge in [0.2, 0.25) is 0 Å². The summed E-state index contributed by atoms with van der Waals surface area (Å²) in [5, 5.41) is 3.12. The molecule has 0 saturated carbocycles. The van der Waals surface area contributed by atoms with Gasteiger partial charge in [-0.15, -0.1) is 0 Å². The number of allylic oxidation sites excluding steroid dienone is 8. The topological polar surface area (TPSA) is 55.4 Å². The highest BCUT2D eigenvalue weighted by atomic mass is 16.5. The zero-order valence-corrected chi connectivity index (χ0v) is 28.1. The number of aldehydes is 1. The van der Waals surface area contributed by atoms with Crippen molar-refractivity contribution < 1.29 is 14.3 Å². The molecule has 0 rings (SSSR count). The van der Waals surface area contributed by atoms with Crippen LogP contribution in [0.5, 0.6) is 0 Å². The Morgan fingerprint density at radius 3 is 1.33 bits per heavy atom. The molecular formula is C38H69NO3. The third-order valence-electron chi connectivity index (χ3n) is 6.84. The molecule has 244 valence electrons. The molecule has 0 aromatic rings. The molecule has 4 heteroatoms. The minimum atomic E-state index is -0.0336. The predicted octanol–water partition coefficient (Wildman–Crippen LogP) is 11.2. The van der Waals surface area contributed by atoms with Crippen LogP contribution < -0.4 is 5.32 Å². The van der Waals surface area contributed by atoms with E-state index < -0.39 is 0 Å². The van der Waals surface area contributed by atoms with Crippen LogP contribution in [0.1, 0.15) is 162 Å². The van der Waals surface area contributed by atoms with E-state index in [1.54, 1.807) is 0 Å². The number of rotatable bonds is 30. The van der Waals surface area contributed by atoms with Gasteiger partial charge in [0.05, 0.1) is 6.61 Å². The maximum atomic E-state index is 11.6. The molecule has 42 heavy (non-hydrogen) atoms. The molecule has 0 heterocycles. The van der Waals surface area contributed by atoms with Crippen molar-refractivity contribution in [3.8, 4) is 0 Å². The van der Waals surface area contributed by atoms with Gasteiger partial charge < -0.3 is 14.8 Å². The van der Waals surface area contributed by atoms with Crippen LogP contribution in [0.2, 0.25) is 0 Å². The fourth-order valence-corrected chi connectivity index (χ4v) is 4.19. The molecule has 0 aliphatic rings. The summed E-state index contributed by atoms with van der Waals surface area (Å²) in [6.07, 6.45) is 45.2. The number of carbonyl (C=O) groups excluding carboxylic acids is 2. The van der Waals surface area contributed by atoms with Crippen molar-refractivity contribution in [2.45, 2.75) is 162 Å². The van der Waals surface area contributed by atoms with Gasteiger partial charge in [-0.1, -0.05) is 75.3 Å². The molecule has 1 N–H and O–H groups in total. The zero-order chi connectivity index (χ0) is 31.0. The molecule has 0 aliphatic carbocycles. The molecule has 0 atom stereocenters. The number of carbonyl (C=O) groups is 2. The Hall–Kier alpha value is -1.94. The summed E-state index contributed by atoms with van der Waals surface area (Å²) in [5.74, 6) is -0.0336. The number of ether oxygens (including phenoxy) is 1. The third-order valence-corrected chi connectivity index (χ3v) is 6.84. The van der Waals surface area contributed by atoms with Crippen molar-refractivity contribution in [3.63, 3.8) is 0 Å². The largest absolute Gasteiger partial charge is 0.466 e. The van der Waals surface area contributed by atoms with Crippen molar-refractivity contribution in [1.82, 2.24) is 5.32 Å². The van der Waals surface area contributed by atoms with Crippen molar-refractivity contribution in [2.75, 3.05) is 20.2 Å². The van der Waals surface area contributed by atoms with Crippen LogP contribution in [0.4, 0.5) is 0 Å². The Labute approximate surface area is 261 Å². The third kappa shape index (κ3) is 42.5. The second-order valence-corrected chi connectivity index (χ2v) is 11.1. The lowest BCUT2D eigenvalue weighted by atomic mass is 10.1. The molecule has 0 aliphatic heterocycles. The molecular weight excluding hydrogens is 518 g/mol. The lowest BCUT2D eigenvalue weighted by Crippen LogP contribution is -2.09. The fourth-order valence-electron chi connectivity index (χ4n) is 4.19. The maximum absolute atomic E-state index is 11.6. The molecule has 4 nitrogen and oxygen atoms in total. The molecule has 0 fully saturated rings. The summed E-state index contributed by atoms with van der Waals surface area (Å²) in [4.78, 5) is 21.7. The summed E-state index contributed by atoms with van der Waals surface area (Å²) >= 11 is 0. The quantitative estimate of drug-likeness (QED) is 0.0393. The highest BCUT2D eigenvalue weighted by Crippen LogP contribution is 2.07. The normalized spacial score (nSPS) is 11.6. The number of hydrogen-bond donors (Lipinski definition) is 1. The number of esters is 1. The summed E-state index contributed by atoms with van der Waals surface area (Å²) in [6.45, 7) is 6.05. The van der Waals surface area contributed by atoms with Crippen LogP contribution in [0.3, 0.4) is 0 Å². The van der Waals surface area contributed by atoms with E-state index in [1.165, 1.54) is 77.0 Å². The van der Waals surface area contributed by atoms with Crippen LogP contribution in [0.25, 0.3) is 0 Å². The van der Waals surface area contributed by atoms with Crippen LogP contribution in [-0.2, 0) is 14.3 Å². The van der Waals surface area contributed by atoms with E-state index in [0.29, 0.717) is 13.0 Å². The van der Waals surface area contributed by atoms with Crippen molar-refractivity contribution >= 4 is 12.3 Å². The monoisotopic (exact) mass is 588 g/mol. The lowest BCUT2D eigenvalue weighted by Gasteiger charge is -2.04. The average molecular weight is 588 g/mol. The van der Waals surface area contributed by atoms with E-state index in [2.05, 4.69) is 67.8 Å². The van der Waals surface area contributed by atoms with E-state index in [4.69, 9.17) is 4.74 Å². The second kappa shape index (κ2) is 41.2. The lowest BCUT2D eigenvalue weighted by molar-refractivity contribution is -0.143. The van der Waals surface area contributed by atoms with E-state index in [-0.39, 0.29) is 5.97 Å². The molecule has 0 unspecified atom stereocenters. The molecule has 0 bridgehead atoms. The zero-order valence-electron chi connectivity index (χ0n) is 28.1. The maximum Gasteiger partial charge on any atom is 0.305 e. The number of unbranched alkanes of at least 4 members (excludes halogenated alkanes) is 15. The van der Waals surface area contributed by atoms with Gasteiger partial charge in [0, 0.05) is 12.8 Å². The van der Waals surface area contributed by atoms with Crippen molar-refractivity contribution in [3.05, 3.63) is 48.6 Å². The SMILES string of the molecule is CCC/C=C\CCCC/C=C\CCCCC(=O)OCCCCCNC.CCC/C=C\CCCC/C=C\CCCCC=O. The highest BCUT2D eigenvalue weighted by molar-refractivity contribution is 5.69. The minimum absolute atomic E-state index is 0.0336. The highest BCUT2D eigenvalue weighted by Gasteiger charge is 2.01. The first-order valence-electron chi connectivity index (χ1n) is 17.6. The molecule has 0 aromatic heterocycles. The number of nitrogens with one attached hydrogen (secondary N) is 1. The molecule has 0 amide bonds. The van der Waals surface area contributed by atoms with Crippen molar-refractivity contribution in [2.24, 2.45) is 0 Å². The van der Waals surface area contributed by atoms with Gasteiger partial charge in [0.15, 0.2) is 0 Å². The smallest absolute Gasteiger partial charge is 0.305 e. The van der Waals surface area contributed by atoms with E-state index in [9.17, 15) is 9.59 Å². The van der Waals surface area contributed by atoms with Gasteiger partial charge in [0.1, 0.15) is 6.29 Å². The predicted molar refractivity (Wildman–Crippen MR) is 185 cm³/mol. The summed E-state index contributed by atoms with van der Waals surface area (Å²) in [7, 11) is 1.96. The van der Waals surface area contributed by atoms with Crippen LogP contribution in [0, 0.1) is 0 Å². The van der Waals surface area contributed by atoms with E-state index >= 15 is 0 Å². The van der Waals surface area contributed by atoms with Crippen LogP contribution in [0.15, 0.2) is 48.6 Å². The summed E-state index contributed by atoms with van der Waals surface area (Å²) in [6, 6.07) is 0. The number of hydrogen-bond acceptors (Lipinski definition) is 4. The average Bonchev–Trinajstić information content (AvgIpc) is 3.00. The first kappa shape index (κ1) is 42.2. The standard InChI is InChI=1S/C22H41NO2.C16H28O/c1-3-4-5-6-7-8-9-10-11-12-13-14-16-19-22(24)25-21-18-15-17-20-23-2;1-2-3-4-5-6-7-8-9-10-11-12-13-14-15-16-17/h5-6,11-12,23H,3-4,7-10,13-21H2,1-2H3;4-5,10-11,16H,2-3,6-9,12-15H2,1H3/b6-5-,12-11-;5-4-,11-10-. The van der Waals surface area contributed by atoms with Crippen LogP contribution >= 0.6 is 0 Å². The van der Waals surface area contributed by atoms with Gasteiger partial charge in [-0.25, -0.2) is 0 Å². The van der Waals surface area contributed by atoms with Gasteiger partial charge in [-0.2, -0.15) is 0 Å². The van der Waals surface area contributed by atoms with Crippen molar-refractivity contribution in [1.29, 1.82) is 0 Å².